The van der Waals surface area contributed by atoms with Gasteiger partial charge in [-0.2, -0.15) is 5.10 Å². The Labute approximate surface area is 234 Å². The Morgan fingerprint density at radius 1 is 1.08 bits per heavy atom. The molecule has 3 aromatic rings. The molecule has 0 fully saturated rings. The summed E-state index contributed by atoms with van der Waals surface area (Å²) in [6, 6.07) is 12.4. The van der Waals surface area contributed by atoms with Gasteiger partial charge in [-0.15, -0.1) is 11.3 Å². The summed E-state index contributed by atoms with van der Waals surface area (Å²) < 4.78 is 1.81. The molecule has 1 aliphatic heterocycles. The Hall–Kier alpha value is -3.53. The summed E-state index contributed by atoms with van der Waals surface area (Å²) in [5.41, 5.74) is 0.957. The lowest BCUT2D eigenvalue weighted by molar-refractivity contribution is -0.129. The van der Waals surface area contributed by atoms with Gasteiger partial charge in [0.05, 0.1) is 17.5 Å². The quantitative estimate of drug-likeness (QED) is 0.504. The van der Waals surface area contributed by atoms with Crippen LogP contribution in [0, 0.1) is 12.8 Å². The van der Waals surface area contributed by atoms with Gasteiger partial charge >= 0.3 is 0 Å². The molecule has 0 aliphatic carbocycles. The smallest absolute Gasteiger partial charge is 0.263 e. The number of benzene rings is 1. The summed E-state index contributed by atoms with van der Waals surface area (Å²) in [6.45, 7) is 9.22. The number of rotatable bonds is 5. The second-order valence-corrected chi connectivity index (χ2v) is 11.5. The Bertz CT molecular complexity index is 1290. The van der Waals surface area contributed by atoms with Crippen LogP contribution in [0.3, 0.4) is 0 Å². The maximum Gasteiger partial charge on any atom is 0.263 e. The van der Waals surface area contributed by atoms with Crippen LogP contribution < -0.4 is 10.6 Å². The summed E-state index contributed by atoms with van der Waals surface area (Å²) >= 11 is 1.51. The number of aromatic nitrogens is 3. The molecule has 0 radical (unpaired) electrons. The molecule has 9 nitrogen and oxygen atoms in total. The van der Waals surface area contributed by atoms with Crippen molar-refractivity contribution in [1.82, 2.24) is 30.3 Å². The summed E-state index contributed by atoms with van der Waals surface area (Å²) in [5, 5.41) is 10.7. The van der Waals surface area contributed by atoms with Crippen LogP contribution in [0.2, 0.25) is 0 Å². The van der Waals surface area contributed by atoms with E-state index in [0.29, 0.717) is 49.0 Å². The number of amides is 3. The van der Waals surface area contributed by atoms with Crippen molar-refractivity contribution in [2.24, 2.45) is 5.92 Å². The molecule has 1 aliphatic rings. The average molecular weight is 551 g/mol. The topological polar surface area (TPSA) is 109 Å². The van der Waals surface area contributed by atoms with E-state index in [9.17, 15) is 14.4 Å². The van der Waals surface area contributed by atoms with Crippen LogP contribution in [-0.2, 0) is 29.0 Å². The Morgan fingerprint density at radius 3 is 2.54 bits per heavy atom. The summed E-state index contributed by atoms with van der Waals surface area (Å²) in [4.78, 5) is 48.3. The molecule has 208 valence electrons. The molecule has 1 aromatic carbocycles. The minimum atomic E-state index is -0.738. The normalized spacial score (nSPS) is 19.3. The highest BCUT2D eigenvalue weighted by atomic mass is 32.1. The van der Waals surface area contributed by atoms with Gasteiger partial charge in [-0.25, -0.2) is 9.67 Å². The lowest BCUT2D eigenvalue weighted by Crippen LogP contribution is -2.50. The summed E-state index contributed by atoms with van der Waals surface area (Å²) in [6.07, 6.45) is 1.96. The first-order chi connectivity index (χ1) is 18.7. The highest BCUT2D eigenvalue weighted by Crippen LogP contribution is 2.23. The Balaban J connectivity index is 1.64. The van der Waals surface area contributed by atoms with Crippen molar-refractivity contribution < 1.29 is 14.4 Å². The summed E-state index contributed by atoms with van der Waals surface area (Å²) in [5.74, 6) is 0.771. The molecular formula is C29H38N6O3S. The number of thiophene rings is 1. The van der Waals surface area contributed by atoms with E-state index in [0.717, 1.165) is 16.9 Å². The van der Waals surface area contributed by atoms with Crippen molar-refractivity contribution in [3.05, 3.63) is 69.4 Å². The van der Waals surface area contributed by atoms with Crippen LogP contribution in [0.25, 0.3) is 0 Å². The van der Waals surface area contributed by atoms with E-state index < -0.39 is 12.1 Å². The van der Waals surface area contributed by atoms with Gasteiger partial charge in [-0.3, -0.25) is 14.4 Å². The van der Waals surface area contributed by atoms with Crippen molar-refractivity contribution in [3.8, 4) is 0 Å². The highest BCUT2D eigenvalue weighted by molar-refractivity contribution is 7.14. The van der Waals surface area contributed by atoms with Gasteiger partial charge in [-0.05, 0) is 43.4 Å². The zero-order valence-electron chi connectivity index (χ0n) is 23.1. The number of carbonyl (C=O) groups excluding carboxylic acids is 3. The fourth-order valence-electron chi connectivity index (χ4n) is 4.77. The zero-order valence-corrected chi connectivity index (χ0v) is 24.0. The van der Waals surface area contributed by atoms with Crippen molar-refractivity contribution in [1.29, 1.82) is 0 Å². The van der Waals surface area contributed by atoms with Crippen LogP contribution in [0.5, 0.6) is 0 Å². The molecule has 0 saturated heterocycles. The van der Waals surface area contributed by atoms with Crippen molar-refractivity contribution in [2.45, 2.75) is 72.0 Å². The Kier molecular flexibility index (Phi) is 9.50. The van der Waals surface area contributed by atoms with E-state index in [-0.39, 0.29) is 30.1 Å². The number of hydrogen-bond acceptors (Lipinski definition) is 6. The molecule has 2 aromatic heterocycles. The summed E-state index contributed by atoms with van der Waals surface area (Å²) in [7, 11) is 0. The molecule has 0 unspecified atom stereocenters. The highest BCUT2D eigenvalue weighted by Gasteiger charge is 2.30. The fraction of sp³-hybridized carbons (Fsp3) is 0.483. The molecule has 2 N–H and O–H groups in total. The van der Waals surface area contributed by atoms with Crippen LogP contribution in [0.4, 0.5) is 0 Å². The predicted molar refractivity (Wildman–Crippen MR) is 151 cm³/mol. The first-order valence-electron chi connectivity index (χ1n) is 13.7. The number of aryl methyl sites for hydroxylation is 2. The van der Waals surface area contributed by atoms with Gasteiger partial charge in [0.25, 0.3) is 5.91 Å². The van der Waals surface area contributed by atoms with Gasteiger partial charge in [0.2, 0.25) is 11.8 Å². The molecule has 39 heavy (non-hydrogen) atoms. The number of nitrogens with one attached hydrogen (secondary N) is 2. The molecule has 4 rings (SSSR count). The Morgan fingerprint density at radius 2 is 1.85 bits per heavy atom. The molecule has 10 heteroatoms. The predicted octanol–water partition coefficient (Wildman–Crippen LogP) is 3.69. The van der Waals surface area contributed by atoms with Gasteiger partial charge in [0.15, 0.2) is 0 Å². The second-order valence-electron chi connectivity index (χ2n) is 10.3. The van der Waals surface area contributed by atoms with Crippen LogP contribution >= 0.6 is 11.3 Å². The van der Waals surface area contributed by atoms with Crippen LogP contribution in [0.15, 0.2) is 42.5 Å². The maximum atomic E-state index is 13.6. The monoisotopic (exact) mass is 550 g/mol. The zero-order chi connectivity index (χ0) is 27.9. The third kappa shape index (κ3) is 7.32. The van der Waals surface area contributed by atoms with Crippen molar-refractivity contribution >= 4 is 29.1 Å². The van der Waals surface area contributed by atoms with E-state index in [1.165, 1.54) is 11.3 Å². The average Bonchev–Trinajstić information content (AvgIpc) is 3.54. The number of hydrogen-bond donors (Lipinski definition) is 2. The maximum absolute atomic E-state index is 13.6. The number of carbonyl (C=O) groups is 3. The molecule has 3 heterocycles. The first-order valence-corrected chi connectivity index (χ1v) is 14.5. The van der Waals surface area contributed by atoms with E-state index in [1.807, 2.05) is 67.9 Å². The van der Waals surface area contributed by atoms with E-state index in [1.54, 1.807) is 4.90 Å². The molecule has 0 spiro atoms. The molecular weight excluding hydrogens is 512 g/mol. The largest absolute Gasteiger partial charge is 0.344 e. The van der Waals surface area contributed by atoms with E-state index >= 15 is 0 Å². The third-order valence-electron chi connectivity index (χ3n) is 6.90. The molecule has 3 amide bonds. The van der Waals surface area contributed by atoms with E-state index in [4.69, 9.17) is 0 Å². The second kappa shape index (κ2) is 13.0. The van der Waals surface area contributed by atoms with Crippen molar-refractivity contribution in [2.75, 3.05) is 13.1 Å². The van der Waals surface area contributed by atoms with Gasteiger partial charge in [-0.1, -0.05) is 51.1 Å². The van der Waals surface area contributed by atoms with E-state index in [2.05, 4.69) is 27.6 Å². The molecule has 0 bridgehead atoms. The first kappa shape index (κ1) is 28.5. The molecule has 0 saturated carbocycles. The SMILES string of the molecule is CCc1ccc(C(=O)N2CCCC(=O)N[C@@H](Cc3ccccc3)C(=O)N[C@H](C(C)C)c3nc(C)nn3CC2)s1. The number of fused-ring (bicyclic) bond motifs is 1. The van der Waals surface area contributed by atoms with Gasteiger partial charge < -0.3 is 15.5 Å². The fourth-order valence-corrected chi connectivity index (χ4v) is 5.69. The number of nitrogens with zero attached hydrogens (tertiary/aromatic N) is 4. The van der Waals surface area contributed by atoms with Gasteiger partial charge in [0.1, 0.15) is 17.7 Å². The molecule has 2 atom stereocenters. The van der Waals surface area contributed by atoms with Crippen LogP contribution in [0.1, 0.15) is 71.4 Å². The minimum Gasteiger partial charge on any atom is -0.344 e. The van der Waals surface area contributed by atoms with Crippen molar-refractivity contribution in [3.63, 3.8) is 0 Å². The minimum absolute atomic E-state index is 0.0219. The third-order valence-corrected chi connectivity index (χ3v) is 8.12. The van der Waals surface area contributed by atoms with Gasteiger partial charge in [0, 0.05) is 30.8 Å². The lowest BCUT2D eigenvalue weighted by Gasteiger charge is -2.28. The lowest BCUT2D eigenvalue weighted by atomic mass is 10.0. The standard InChI is InChI=1S/C29H38N6O3S/c1-5-22-13-14-24(39-22)29(38)34-15-9-12-25(36)31-23(18-21-10-7-6-8-11-21)28(37)32-26(19(2)3)27-30-20(4)33-35(27)17-16-34/h6-8,10-11,13-14,19,23,26H,5,9,12,15-18H2,1-4H3,(H,31,36)(H,32,37)/t23-,26+/m0/s1. The van der Waals surface area contributed by atoms with Crippen LogP contribution in [-0.4, -0.2) is 56.5 Å².